The number of nitrogens with one attached hydrogen (secondary N) is 1. The highest BCUT2D eigenvalue weighted by Gasteiger charge is 2.00. The first-order valence-corrected chi connectivity index (χ1v) is 6.78. The van der Waals surface area contributed by atoms with E-state index < -0.39 is 0 Å². The van der Waals surface area contributed by atoms with Crippen LogP contribution in [0.1, 0.15) is 5.56 Å². The summed E-state index contributed by atoms with van der Waals surface area (Å²) in [7, 11) is 0. The molecule has 3 aromatic rings. The van der Waals surface area contributed by atoms with Gasteiger partial charge in [0, 0.05) is 29.6 Å². The SMILES string of the molecule is Clc1ccccc1CNc1ccc(-n2cccn2)cc1. The zero-order valence-electron chi connectivity index (χ0n) is 10.8. The summed E-state index contributed by atoms with van der Waals surface area (Å²) < 4.78 is 1.83. The smallest absolute Gasteiger partial charge is 0.0647 e. The molecule has 0 aliphatic carbocycles. The van der Waals surface area contributed by atoms with Gasteiger partial charge < -0.3 is 5.32 Å². The Labute approximate surface area is 122 Å². The van der Waals surface area contributed by atoms with Crippen molar-refractivity contribution in [2.45, 2.75) is 6.54 Å². The van der Waals surface area contributed by atoms with Crippen LogP contribution in [-0.4, -0.2) is 9.78 Å². The maximum Gasteiger partial charge on any atom is 0.0647 e. The maximum atomic E-state index is 6.13. The van der Waals surface area contributed by atoms with Crippen LogP contribution in [0.5, 0.6) is 0 Å². The number of rotatable bonds is 4. The lowest BCUT2D eigenvalue weighted by Crippen LogP contribution is -2.00. The molecule has 0 amide bonds. The molecule has 0 unspecified atom stereocenters. The lowest BCUT2D eigenvalue weighted by atomic mass is 10.2. The minimum absolute atomic E-state index is 0.709. The van der Waals surface area contributed by atoms with Crippen LogP contribution in [0.25, 0.3) is 5.69 Å². The van der Waals surface area contributed by atoms with Gasteiger partial charge in [-0.2, -0.15) is 5.10 Å². The Balaban J connectivity index is 1.68. The standard InChI is InChI=1S/C16H14ClN3/c17-16-5-2-1-4-13(16)12-18-14-6-8-15(9-7-14)20-11-3-10-19-20/h1-11,18H,12H2. The highest BCUT2D eigenvalue weighted by molar-refractivity contribution is 6.31. The van der Waals surface area contributed by atoms with E-state index in [-0.39, 0.29) is 0 Å². The van der Waals surface area contributed by atoms with Gasteiger partial charge in [-0.3, -0.25) is 0 Å². The number of halogens is 1. The average molecular weight is 284 g/mol. The lowest BCUT2D eigenvalue weighted by molar-refractivity contribution is 0.880. The van der Waals surface area contributed by atoms with E-state index in [1.807, 2.05) is 65.5 Å². The molecule has 100 valence electrons. The van der Waals surface area contributed by atoms with Crippen LogP contribution in [0.15, 0.2) is 67.0 Å². The quantitative estimate of drug-likeness (QED) is 0.780. The molecule has 1 N–H and O–H groups in total. The largest absolute Gasteiger partial charge is 0.381 e. The summed E-state index contributed by atoms with van der Waals surface area (Å²) in [5.41, 5.74) is 3.18. The highest BCUT2D eigenvalue weighted by Crippen LogP contribution is 2.18. The molecule has 0 saturated heterocycles. The topological polar surface area (TPSA) is 29.9 Å². The Morgan fingerprint density at radius 2 is 1.80 bits per heavy atom. The van der Waals surface area contributed by atoms with Crippen molar-refractivity contribution in [2.24, 2.45) is 0 Å². The minimum atomic E-state index is 0.709. The molecule has 4 heteroatoms. The molecule has 20 heavy (non-hydrogen) atoms. The van der Waals surface area contributed by atoms with Crippen molar-refractivity contribution in [3.63, 3.8) is 0 Å². The van der Waals surface area contributed by atoms with Crippen LogP contribution >= 0.6 is 11.6 Å². The number of nitrogens with zero attached hydrogens (tertiary/aromatic N) is 2. The van der Waals surface area contributed by atoms with Gasteiger partial charge >= 0.3 is 0 Å². The molecule has 0 fully saturated rings. The second-order valence-electron chi connectivity index (χ2n) is 4.44. The Morgan fingerprint density at radius 3 is 2.50 bits per heavy atom. The zero-order valence-corrected chi connectivity index (χ0v) is 11.6. The molecular formula is C16H14ClN3. The molecule has 1 aromatic heterocycles. The van der Waals surface area contributed by atoms with Crippen molar-refractivity contribution in [1.82, 2.24) is 9.78 Å². The predicted molar refractivity (Wildman–Crippen MR) is 82.3 cm³/mol. The van der Waals surface area contributed by atoms with E-state index in [2.05, 4.69) is 10.4 Å². The van der Waals surface area contributed by atoms with Gasteiger partial charge in [0.05, 0.1) is 5.69 Å². The van der Waals surface area contributed by atoms with Crippen LogP contribution in [0.3, 0.4) is 0 Å². The highest BCUT2D eigenvalue weighted by atomic mass is 35.5. The van der Waals surface area contributed by atoms with Crippen LogP contribution in [0.4, 0.5) is 5.69 Å². The molecule has 1 heterocycles. The van der Waals surface area contributed by atoms with Crippen molar-refractivity contribution in [3.8, 4) is 5.69 Å². The molecule has 2 aromatic carbocycles. The summed E-state index contributed by atoms with van der Waals surface area (Å²) in [6.45, 7) is 0.709. The van der Waals surface area contributed by atoms with Crippen molar-refractivity contribution < 1.29 is 0 Å². The minimum Gasteiger partial charge on any atom is -0.381 e. The Hall–Kier alpha value is -2.26. The number of hydrogen-bond donors (Lipinski definition) is 1. The average Bonchev–Trinajstić information content (AvgIpc) is 3.01. The Morgan fingerprint density at radius 1 is 1.00 bits per heavy atom. The van der Waals surface area contributed by atoms with Gasteiger partial charge in [-0.15, -0.1) is 0 Å². The molecule has 0 radical (unpaired) electrons. The van der Waals surface area contributed by atoms with Gasteiger partial charge in [0.1, 0.15) is 0 Å². The first-order chi connectivity index (χ1) is 9.83. The van der Waals surface area contributed by atoms with Crippen molar-refractivity contribution in [2.75, 3.05) is 5.32 Å². The first kappa shape index (κ1) is 12.8. The summed E-state index contributed by atoms with van der Waals surface area (Å²) in [5.74, 6) is 0. The fraction of sp³-hybridized carbons (Fsp3) is 0.0625. The molecule has 3 nitrogen and oxygen atoms in total. The number of hydrogen-bond acceptors (Lipinski definition) is 2. The number of anilines is 1. The predicted octanol–water partition coefficient (Wildman–Crippen LogP) is 4.14. The van der Waals surface area contributed by atoms with Gasteiger partial charge in [0.25, 0.3) is 0 Å². The first-order valence-electron chi connectivity index (χ1n) is 6.40. The van der Waals surface area contributed by atoms with Crippen molar-refractivity contribution in [1.29, 1.82) is 0 Å². The molecule has 0 bridgehead atoms. The molecule has 0 spiro atoms. The molecule has 0 aliphatic heterocycles. The summed E-state index contributed by atoms with van der Waals surface area (Å²) in [5, 5.41) is 8.35. The second kappa shape index (κ2) is 5.80. The third kappa shape index (κ3) is 2.83. The fourth-order valence-corrected chi connectivity index (χ4v) is 2.20. The summed E-state index contributed by atoms with van der Waals surface area (Å²) in [6.07, 6.45) is 3.69. The molecular weight excluding hydrogens is 270 g/mol. The summed E-state index contributed by atoms with van der Waals surface area (Å²) in [4.78, 5) is 0. The normalized spacial score (nSPS) is 10.4. The Kier molecular flexibility index (Phi) is 3.70. The van der Waals surface area contributed by atoms with Crippen molar-refractivity contribution in [3.05, 3.63) is 77.6 Å². The summed E-state index contributed by atoms with van der Waals surface area (Å²) >= 11 is 6.13. The van der Waals surface area contributed by atoms with Crippen molar-refractivity contribution >= 4 is 17.3 Å². The maximum absolute atomic E-state index is 6.13. The monoisotopic (exact) mass is 283 g/mol. The number of aromatic nitrogens is 2. The lowest BCUT2D eigenvalue weighted by Gasteiger charge is -2.09. The van der Waals surface area contributed by atoms with E-state index in [9.17, 15) is 0 Å². The third-order valence-corrected chi connectivity index (χ3v) is 3.45. The molecule has 0 aliphatic rings. The third-order valence-electron chi connectivity index (χ3n) is 3.08. The molecule has 0 atom stereocenters. The fourth-order valence-electron chi connectivity index (χ4n) is 1.99. The van der Waals surface area contributed by atoms with Crippen LogP contribution < -0.4 is 5.32 Å². The van der Waals surface area contributed by atoms with E-state index in [0.29, 0.717) is 6.54 Å². The molecule has 0 saturated carbocycles. The summed E-state index contributed by atoms with van der Waals surface area (Å²) in [6, 6.07) is 17.9. The van der Waals surface area contributed by atoms with Gasteiger partial charge in [-0.1, -0.05) is 29.8 Å². The number of benzene rings is 2. The van der Waals surface area contributed by atoms with E-state index in [1.165, 1.54) is 0 Å². The molecule has 3 rings (SSSR count). The van der Waals surface area contributed by atoms with E-state index in [4.69, 9.17) is 11.6 Å². The van der Waals surface area contributed by atoms with Gasteiger partial charge in [-0.05, 0) is 42.0 Å². The van der Waals surface area contributed by atoms with E-state index in [1.54, 1.807) is 6.20 Å². The van der Waals surface area contributed by atoms with Gasteiger partial charge in [0.2, 0.25) is 0 Å². The van der Waals surface area contributed by atoms with E-state index in [0.717, 1.165) is 22.0 Å². The second-order valence-corrected chi connectivity index (χ2v) is 4.85. The Bertz CT molecular complexity index is 675. The van der Waals surface area contributed by atoms with Gasteiger partial charge in [-0.25, -0.2) is 4.68 Å². The van der Waals surface area contributed by atoms with Crippen LogP contribution in [-0.2, 0) is 6.54 Å². The van der Waals surface area contributed by atoms with Crippen LogP contribution in [0.2, 0.25) is 5.02 Å². The van der Waals surface area contributed by atoms with E-state index >= 15 is 0 Å². The van der Waals surface area contributed by atoms with Gasteiger partial charge in [0.15, 0.2) is 0 Å². The zero-order chi connectivity index (χ0) is 13.8. The van der Waals surface area contributed by atoms with Crippen LogP contribution in [0, 0.1) is 0 Å².